The molecule has 94 valence electrons. The summed E-state index contributed by atoms with van der Waals surface area (Å²) in [6, 6.07) is 2.34. The van der Waals surface area contributed by atoms with Crippen molar-refractivity contribution in [2.75, 3.05) is 0 Å². The monoisotopic (exact) mass is 248 g/mol. The zero-order valence-corrected chi connectivity index (χ0v) is 9.21. The third-order valence-corrected chi connectivity index (χ3v) is 2.22. The van der Waals surface area contributed by atoms with Crippen LogP contribution in [-0.4, -0.2) is 4.92 Å². The first-order chi connectivity index (χ1) is 7.53. The van der Waals surface area contributed by atoms with E-state index in [1.807, 2.05) is 0 Å². The zero-order valence-electron chi connectivity index (χ0n) is 9.21. The Labute approximate surface area is 95.4 Å². The Morgan fingerprint density at radius 1 is 1.29 bits per heavy atom. The van der Waals surface area contributed by atoms with Gasteiger partial charge >= 0.3 is 6.18 Å². The summed E-state index contributed by atoms with van der Waals surface area (Å²) < 4.78 is 37.2. The van der Waals surface area contributed by atoms with Crippen molar-refractivity contribution in [3.8, 4) is 0 Å². The normalized spacial score (nSPS) is 12.6. The summed E-state index contributed by atoms with van der Waals surface area (Å²) in [5.74, 6) is 0. The third kappa shape index (κ3) is 2.94. The largest absolute Gasteiger partial charge is 0.416 e. The molecular weight excluding hydrogens is 237 g/mol. The maximum absolute atomic E-state index is 12.4. The van der Waals surface area contributed by atoms with Crippen molar-refractivity contribution in [1.82, 2.24) is 0 Å². The number of nitrogens with zero attached hydrogens (tertiary/aromatic N) is 1. The number of rotatable bonds is 2. The SMILES string of the molecule is CC(C)(N)c1ccc(C(F)(F)F)cc1[N+](=O)[O-]. The fourth-order valence-electron chi connectivity index (χ4n) is 1.40. The Morgan fingerprint density at radius 2 is 1.82 bits per heavy atom. The Morgan fingerprint density at radius 3 is 2.18 bits per heavy atom. The van der Waals surface area contributed by atoms with Crippen LogP contribution in [0.25, 0.3) is 0 Å². The number of halogens is 3. The van der Waals surface area contributed by atoms with Gasteiger partial charge < -0.3 is 5.73 Å². The van der Waals surface area contributed by atoms with Gasteiger partial charge in [0.1, 0.15) is 0 Å². The van der Waals surface area contributed by atoms with E-state index in [0.717, 1.165) is 12.1 Å². The quantitative estimate of drug-likeness (QED) is 0.646. The topological polar surface area (TPSA) is 69.2 Å². The molecule has 0 aromatic heterocycles. The number of nitrogens with two attached hydrogens (primary N) is 1. The van der Waals surface area contributed by atoms with Gasteiger partial charge in [-0.2, -0.15) is 13.2 Å². The standard InChI is InChI=1S/C10H11F3N2O2/c1-9(2,14)7-4-3-6(10(11,12)13)5-8(7)15(16)17/h3-5H,14H2,1-2H3. The number of hydrogen-bond donors (Lipinski definition) is 1. The summed E-state index contributed by atoms with van der Waals surface area (Å²) in [6.07, 6.45) is -4.61. The smallest absolute Gasteiger partial charge is 0.322 e. The molecule has 0 aliphatic heterocycles. The number of nitro groups is 1. The second-order valence-corrected chi connectivity index (χ2v) is 4.21. The third-order valence-electron chi connectivity index (χ3n) is 2.22. The Bertz CT molecular complexity index is 450. The summed E-state index contributed by atoms with van der Waals surface area (Å²) >= 11 is 0. The van der Waals surface area contributed by atoms with E-state index in [4.69, 9.17) is 5.73 Å². The molecule has 0 saturated carbocycles. The van der Waals surface area contributed by atoms with Crippen LogP contribution in [0.3, 0.4) is 0 Å². The van der Waals surface area contributed by atoms with E-state index in [1.54, 1.807) is 0 Å². The number of hydrogen-bond acceptors (Lipinski definition) is 3. The van der Waals surface area contributed by atoms with E-state index >= 15 is 0 Å². The van der Waals surface area contributed by atoms with E-state index in [1.165, 1.54) is 13.8 Å². The van der Waals surface area contributed by atoms with Crippen LogP contribution in [0.5, 0.6) is 0 Å². The average Bonchev–Trinajstić information content (AvgIpc) is 2.14. The van der Waals surface area contributed by atoms with Crippen LogP contribution in [0.4, 0.5) is 18.9 Å². The van der Waals surface area contributed by atoms with Crippen molar-refractivity contribution in [1.29, 1.82) is 0 Å². The molecule has 0 saturated heterocycles. The fourth-order valence-corrected chi connectivity index (χ4v) is 1.40. The second kappa shape index (κ2) is 3.99. The molecule has 0 spiro atoms. The summed E-state index contributed by atoms with van der Waals surface area (Å²) in [7, 11) is 0. The maximum Gasteiger partial charge on any atom is 0.416 e. The van der Waals surface area contributed by atoms with E-state index in [0.29, 0.717) is 6.07 Å². The predicted molar refractivity (Wildman–Crippen MR) is 55.3 cm³/mol. The van der Waals surface area contributed by atoms with Gasteiger partial charge in [-0.1, -0.05) is 0 Å². The maximum atomic E-state index is 12.4. The molecule has 2 N–H and O–H groups in total. The van der Waals surface area contributed by atoms with Gasteiger partial charge in [0, 0.05) is 17.2 Å². The average molecular weight is 248 g/mol. The molecule has 0 bridgehead atoms. The highest BCUT2D eigenvalue weighted by Gasteiger charge is 2.34. The van der Waals surface area contributed by atoms with E-state index in [9.17, 15) is 23.3 Å². The second-order valence-electron chi connectivity index (χ2n) is 4.21. The van der Waals surface area contributed by atoms with Crippen molar-refractivity contribution in [3.05, 3.63) is 39.4 Å². The molecule has 0 fully saturated rings. The van der Waals surface area contributed by atoms with Gasteiger partial charge in [0.05, 0.1) is 10.5 Å². The molecule has 1 aromatic rings. The van der Waals surface area contributed by atoms with Gasteiger partial charge in [-0.3, -0.25) is 10.1 Å². The van der Waals surface area contributed by atoms with Crippen molar-refractivity contribution in [3.63, 3.8) is 0 Å². The lowest BCUT2D eigenvalue weighted by atomic mass is 9.93. The molecule has 0 unspecified atom stereocenters. The molecule has 0 heterocycles. The highest BCUT2D eigenvalue weighted by atomic mass is 19.4. The van der Waals surface area contributed by atoms with Gasteiger partial charge in [0.2, 0.25) is 0 Å². The van der Waals surface area contributed by atoms with Crippen LogP contribution >= 0.6 is 0 Å². The first-order valence-corrected chi connectivity index (χ1v) is 4.68. The Balaban J connectivity index is 3.43. The van der Waals surface area contributed by atoms with Gasteiger partial charge in [-0.05, 0) is 26.0 Å². The van der Waals surface area contributed by atoms with Gasteiger partial charge in [-0.25, -0.2) is 0 Å². The lowest BCUT2D eigenvalue weighted by Gasteiger charge is -2.19. The summed E-state index contributed by atoms with van der Waals surface area (Å²) in [5, 5.41) is 10.7. The van der Waals surface area contributed by atoms with Crippen LogP contribution in [0, 0.1) is 10.1 Å². The molecule has 0 radical (unpaired) electrons. The molecule has 1 aromatic carbocycles. The van der Waals surface area contributed by atoms with Crippen LogP contribution in [0.2, 0.25) is 0 Å². The van der Waals surface area contributed by atoms with Crippen molar-refractivity contribution in [2.45, 2.75) is 25.6 Å². The summed E-state index contributed by atoms with van der Waals surface area (Å²) in [6.45, 7) is 2.98. The van der Waals surface area contributed by atoms with Crippen molar-refractivity contribution >= 4 is 5.69 Å². The number of benzene rings is 1. The summed E-state index contributed by atoms with van der Waals surface area (Å²) in [5.41, 5.74) is 2.98. The first-order valence-electron chi connectivity index (χ1n) is 4.68. The molecule has 1 rings (SSSR count). The fraction of sp³-hybridized carbons (Fsp3) is 0.400. The van der Waals surface area contributed by atoms with E-state index in [-0.39, 0.29) is 5.56 Å². The summed E-state index contributed by atoms with van der Waals surface area (Å²) in [4.78, 5) is 9.87. The minimum atomic E-state index is -4.61. The van der Waals surface area contributed by atoms with Gasteiger partial charge in [-0.15, -0.1) is 0 Å². The molecule has 4 nitrogen and oxygen atoms in total. The number of nitro benzene ring substituents is 1. The predicted octanol–water partition coefficient (Wildman–Crippen LogP) is 2.81. The molecule has 7 heteroatoms. The minimum absolute atomic E-state index is 0.0653. The molecular formula is C10H11F3N2O2. The highest BCUT2D eigenvalue weighted by molar-refractivity contribution is 5.47. The molecule has 0 atom stereocenters. The molecule has 0 aliphatic carbocycles. The Kier molecular flexibility index (Phi) is 3.15. The van der Waals surface area contributed by atoms with E-state index < -0.39 is 27.9 Å². The van der Waals surface area contributed by atoms with Crippen molar-refractivity contribution < 1.29 is 18.1 Å². The highest BCUT2D eigenvalue weighted by Crippen LogP contribution is 2.35. The minimum Gasteiger partial charge on any atom is -0.322 e. The lowest BCUT2D eigenvalue weighted by molar-refractivity contribution is -0.386. The van der Waals surface area contributed by atoms with Crippen LogP contribution in [0.1, 0.15) is 25.0 Å². The van der Waals surface area contributed by atoms with Crippen molar-refractivity contribution in [2.24, 2.45) is 5.73 Å². The van der Waals surface area contributed by atoms with Crippen LogP contribution < -0.4 is 5.73 Å². The molecule has 0 aliphatic rings. The lowest BCUT2D eigenvalue weighted by Crippen LogP contribution is -2.29. The molecule has 17 heavy (non-hydrogen) atoms. The van der Waals surface area contributed by atoms with E-state index in [2.05, 4.69) is 0 Å². The first kappa shape index (κ1) is 13.4. The number of alkyl halides is 3. The van der Waals surface area contributed by atoms with Crippen LogP contribution in [-0.2, 0) is 11.7 Å². The van der Waals surface area contributed by atoms with Gasteiger partial charge in [0.15, 0.2) is 0 Å². The van der Waals surface area contributed by atoms with Gasteiger partial charge in [0.25, 0.3) is 5.69 Å². The zero-order chi connectivity index (χ0) is 13.4. The van der Waals surface area contributed by atoms with Crippen LogP contribution in [0.15, 0.2) is 18.2 Å². The Hall–Kier alpha value is -1.63. The molecule has 0 amide bonds.